The van der Waals surface area contributed by atoms with Crippen LogP contribution in [0.5, 0.6) is 0 Å². The van der Waals surface area contributed by atoms with Gasteiger partial charge in [-0.1, -0.05) is 12.1 Å². The average molecular weight is 337 g/mol. The maximum absolute atomic E-state index is 13.6. The predicted octanol–water partition coefficient (Wildman–Crippen LogP) is 2.00. The van der Waals surface area contributed by atoms with E-state index in [1.807, 2.05) is 11.0 Å². The molecule has 0 aliphatic carbocycles. The predicted molar refractivity (Wildman–Crippen MR) is 85.9 cm³/mol. The molecule has 0 spiro atoms. The lowest BCUT2D eigenvalue weighted by Gasteiger charge is -2.28. The molecule has 23 heavy (non-hydrogen) atoms. The lowest BCUT2D eigenvalue weighted by molar-refractivity contribution is 0.0707. The molecule has 2 N–H and O–H groups in total. The Hall–Kier alpha value is -1.92. The molecule has 2 aromatic rings. The fourth-order valence-corrected chi connectivity index (χ4v) is 3.78. The van der Waals surface area contributed by atoms with Crippen LogP contribution < -0.4 is 5.32 Å². The van der Waals surface area contributed by atoms with Crippen molar-refractivity contribution >= 4 is 18.3 Å². The first-order valence-corrected chi connectivity index (χ1v) is 7.50. The van der Waals surface area contributed by atoms with Crippen molar-refractivity contribution in [3.05, 3.63) is 53.6 Å². The molecule has 2 aliphatic rings. The lowest BCUT2D eigenvalue weighted by atomic mass is 9.89. The fourth-order valence-electron chi connectivity index (χ4n) is 3.78. The van der Waals surface area contributed by atoms with Gasteiger partial charge in [-0.25, -0.2) is 4.39 Å². The summed E-state index contributed by atoms with van der Waals surface area (Å²) in [6, 6.07) is 8.17. The van der Waals surface area contributed by atoms with Crippen LogP contribution in [0.3, 0.4) is 0 Å². The second-order valence-corrected chi connectivity index (χ2v) is 6.01. The highest BCUT2D eigenvalue weighted by atomic mass is 35.5. The van der Waals surface area contributed by atoms with Crippen molar-refractivity contribution in [3.63, 3.8) is 0 Å². The van der Waals surface area contributed by atoms with Crippen molar-refractivity contribution in [2.45, 2.75) is 6.04 Å². The molecule has 0 bridgehead atoms. The molecule has 0 unspecified atom stereocenters. The van der Waals surface area contributed by atoms with E-state index in [0.717, 1.165) is 18.7 Å². The first-order valence-electron chi connectivity index (χ1n) is 7.50. The van der Waals surface area contributed by atoms with E-state index >= 15 is 0 Å². The highest BCUT2D eigenvalue weighted by molar-refractivity contribution is 5.92. The summed E-state index contributed by atoms with van der Waals surface area (Å²) in [5.41, 5.74) is 1.35. The average Bonchev–Trinajstić information content (AvgIpc) is 3.22. The number of H-pyrrole nitrogens is 1. The Bertz CT molecular complexity index is 693. The Morgan fingerprint density at radius 2 is 2.17 bits per heavy atom. The van der Waals surface area contributed by atoms with Gasteiger partial charge in [0.1, 0.15) is 11.5 Å². The van der Waals surface area contributed by atoms with Gasteiger partial charge in [0, 0.05) is 31.7 Å². The zero-order valence-corrected chi connectivity index (χ0v) is 13.2. The van der Waals surface area contributed by atoms with E-state index in [-0.39, 0.29) is 30.2 Å². The third kappa shape index (κ3) is 2.72. The lowest BCUT2D eigenvalue weighted by Crippen LogP contribution is -2.35. The highest BCUT2D eigenvalue weighted by Gasteiger charge is 2.47. The van der Waals surface area contributed by atoms with E-state index in [9.17, 15) is 9.18 Å². The number of carbonyl (C=O) groups is 1. The van der Waals surface area contributed by atoms with Gasteiger partial charge in [-0.2, -0.15) is 5.10 Å². The van der Waals surface area contributed by atoms with Gasteiger partial charge in [0.25, 0.3) is 5.91 Å². The number of likely N-dealkylation sites (tertiary alicyclic amines) is 1. The van der Waals surface area contributed by atoms with Crippen molar-refractivity contribution in [2.24, 2.45) is 11.8 Å². The summed E-state index contributed by atoms with van der Waals surface area (Å²) < 4.78 is 13.6. The molecule has 1 amide bonds. The Morgan fingerprint density at radius 3 is 2.91 bits per heavy atom. The number of fused-ring (bicyclic) bond motifs is 1. The number of rotatable bonds is 2. The quantitative estimate of drug-likeness (QED) is 0.882. The second-order valence-electron chi connectivity index (χ2n) is 6.01. The molecule has 2 saturated heterocycles. The molecular weight excluding hydrogens is 319 g/mol. The molecule has 122 valence electrons. The molecule has 7 heteroatoms. The number of aromatic nitrogens is 2. The van der Waals surface area contributed by atoms with E-state index in [2.05, 4.69) is 15.5 Å². The highest BCUT2D eigenvalue weighted by Crippen LogP contribution is 2.43. The van der Waals surface area contributed by atoms with E-state index in [4.69, 9.17) is 0 Å². The van der Waals surface area contributed by atoms with Crippen LogP contribution in [0.25, 0.3) is 0 Å². The number of carbonyl (C=O) groups excluding carboxylic acids is 1. The zero-order chi connectivity index (χ0) is 15.1. The number of benzene rings is 1. The largest absolute Gasteiger partial charge is 0.330 e. The molecule has 3 heterocycles. The van der Waals surface area contributed by atoms with Crippen molar-refractivity contribution in [2.75, 3.05) is 19.6 Å². The summed E-state index contributed by atoms with van der Waals surface area (Å²) in [6.45, 7) is 2.46. The maximum Gasteiger partial charge on any atom is 0.272 e. The van der Waals surface area contributed by atoms with Gasteiger partial charge < -0.3 is 10.2 Å². The minimum absolute atomic E-state index is 0. The van der Waals surface area contributed by atoms with Gasteiger partial charge in [-0.3, -0.25) is 9.89 Å². The Balaban J connectivity index is 0.00000156. The van der Waals surface area contributed by atoms with Crippen LogP contribution in [0.1, 0.15) is 22.1 Å². The SMILES string of the molecule is Cl.O=C(c1ccn[nH]1)N1C[C@@H]2CNC[C@@H]2[C@H]1c1cccc(F)c1. The van der Waals surface area contributed by atoms with Crippen LogP contribution in [0.2, 0.25) is 0 Å². The van der Waals surface area contributed by atoms with E-state index in [1.54, 1.807) is 24.4 Å². The first kappa shape index (κ1) is 16.0. The van der Waals surface area contributed by atoms with Crippen LogP contribution >= 0.6 is 12.4 Å². The van der Waals surface area contributed by atoms with Crippen molar-refractivity contribution in [1.82, 2.24) is 20.4 Å². The van der Waals surface area contributed by atoms with Crippen LogP contribution in [-0.4, -0.2) is 40.6 Å². The van der Waals surface area contributed by atoms with Crippen LogP contribution in [0.15, 0.2) is 36.5 Å². The zero-order valence-electron chi connectivity index (χ0n) is 12.4. The number of aromatic amines is 1. The van der Waals surface area contributed by atoms with E-state index in [0.29, 0.717) is 24.1 Å². The van der Waals surface area contributed by atoms with Gasteiger partial charge in [-0.05, 0) is 29.7 Å². The summed E-state index contributed by atoms with van der Waals surface area (Å²) in [6.07, 6.45) is 1.57. The van der Waals surface area contributed by atoms with Gasteiger partial charge in [0.05, 0.1) is 6.04 Å². The van der Waals surface area contributed by atoms with Crippen LogP contribution in [0.4, 0.5) is 4.39 Å². The minimum Gasteiger partial charge on any atom is -0.330 e. The van der Waals surface area contributed by atoms with E-state index in [1.165, 1.54) is 6.07 Å². The molecule has 5 nitrogen and oxygen atoms in total. The minimum atomic E-state index is -0.263. The number of hydrogen-bond donors (Lipinski definition) is 2. The normalized spacial score (nSPS) is 26.0. The van der Waals surface area contributed by atoms with Gasteiger partial charge in [0.15, 0.2) is 0 Å². The Kier molecular flexibility index (Phi) is 4.37. The standard InChI is InChI=1S/C16H17FN4O.ClH/c17-12-3-1-2-10(6-12)15-13-8-18-7-11(13)9-21(15)16(22)14-4-5-19-20-14;/h1-6,11,13,15,18H,7-9H2,(H,19,20);1H/t11-,13-,15+;/m0./s1. The number of halogens is 2. The summed E-state index contributed by atoms with van der Waals surface area (Å²) in [5, 5.41) is 9.97. The third-order valence-corrected chi connectivity index (χ3v) is 4.75. The van der Waals surface area contributed by atoms with Crippen molar-refractivity contribution < 1.29 is 9.18 Å². The van der Waals surface area contributed by atoms with Crippen molar-refractivity contribution in [1.29, 1.82) is 0 Å². The summed E-state index contributed by atoms with van der Waals surface area (Å²) in [5.74, 6) is 0.413. The molecule has 0 saturated carbocycles. The third-order valence-electron chi connectivity index (χ3n) is 4.75. The second kappa shape index (κ2) is 6.29. The number of hydrogen-bond acceptors (Lipinski definition) is 3. The van der Waals surface area contributed by atoms with Crippen LogP contribution in [-0.2, 0) is 0 Å². The number of nitrogens with zero attached hydrogens (tertiary/aromatic N) is 2. The maximum atomic E-state index is 13.6. The molecule has 3 atom stereocenters. The molecule has 2 aliphatic heterocycles. The van der Waals surface area contributed by atoms with Crippen LogP contribution in [0, 0.1) is 17.7 Å². The van der Waals surface area contributed by atoms with Gasteiger partial charge in [-0.15, -0.1) is 12.4 Å². The Labute approximate surface area is 139 Å². The monoisotopic (exact) mass is 336 g/mol. The Morgan fingerprint density at radius 1 is 1.30 bits per heavy atom. The smallest absolute Gasteiger partial charge is 0.272 e. The summed E-state index contributed by atoms with van der Waals surface area (Å²) in [7, 11) is 0. The molecule has 2 fully saturated rings. The number of nitrogens with one attached hydrogen (secondary N) is 2. The van der Waals surface area contributed by atoms with Gasteiger partial charge in [0.2, 0.25) is 0 Å². The molecule has 4 rings (SSSR count). The molecule has 1 aromatic heterocycles. The van der Waals surface area contributed by atoms with Gasteiger partial charge >= 0.3 is 0 Å². The number of amides is 1. The molecule has 0 radical (unpaired) electrons. The molecule has 1 aromatic carbocycles. The van der Waals surface area contributed by atoms with Crippen molar-refractivity contribution in [3.8, 4) is 0 Å². The fraction of sp³-hybridized carbons (Fsp3) is 0.375. The summed E-state index contributed by atoms with van der Waals surface area (Å²) >= 11 is 0. The first-order chi connectivity index (χ1) is 10.7. The molecular formula is C16H18ClFN4O. The van der Waals surface area contributed by atoms with E-state index < -0.39 is 0 Å². The summed E-state index contributed by atoms with van der Waals surface area (Å²) in [4.78, 5) is 14.6. The topological polar surface area (TPSA) is 61.0 Å².